The van der Waals surface area contributed by atoms with Crippen molar-refractivity contribution in [3.8, 4) is 0 Å². The number of hydrogen-bond donors (Lipinski definition) is 0. The van der Waals surface area contributed by atoms with Crippen molar-refractivity contribution in [2.24, 2.45) is 0 Å². The highest BCUT2D eigenvalue weighted by Crippen LogP contribution is 2.35. The van der Waals surface area contributed by atoms with E-state index >= 15 is 0 Å². The van der Waals surface area contributed by atoms with Gasteiger partial charge in [0.15, 0.2) is 11.0 Å². The summed E-state index contributed by atoms with van der Waals surface area (Å²) >= 11 is 0. The number of amides is 1. The first kappa shape index (κ1) is 13.1. The molecule has 1 amide bonds. The summed E-state index contributed by atoms with van der Waals surface area (Å²) in [6, 6.07) is 11.1. The van der Waals surface area contributed by atoms with Gasteiger partial charge in [-0.15, -0.1) is 0 Å². The maximum absolute atomic E-state index is 12.6. The Balaban J connectivity index is 2.19. The maximum atomic E-state index is 12.6. The topological polar surface area (TPSA) is 37.4 Å². The van der Waals surface area contributed by atoms with Crippen LogP contribution in [0.25, 0.3) is 0 Å². The number of carbonyl (C=O) groups is 1. The summed E-state index contributed by atoms with van der Waals surface area (Å²) in [4.78, 5) is 13.1. The van der Waals surface area contributed by atoms with Gasteiger partial charge in [-0.2, -0.15) is 0 Å². The predicted octanol–water partition coefficient (Wildman–Crippen LogP) is 3.29. The lowest BCUT2D eigenvalue weighted by molar-refractivity contribution is 0.101. The van der Waals surface area contributed by atoms with E-state index in [9.17, 15) is 9.00 Å². The molecule has 0 saturated heterocycles. The summed E-state index contributed by atoms with van der Waals surface area (Å²) in [5.74, 6) is -0.186. The molecule has 1 heterocycles. The third-order valence-electron chi connectivity index (χ3n) is 3.49. The summed E-state index contributed by atoms with van der Waals surface area (Å²) in [5.41, 5.74) is 4.37. The smallest absolute Gasteiger partial charge is 0.268 e. The Morgan fingerprint density at radius 2 is 1.60 bits per heavy atom. The van der Waals surface area contributed by atoms with Crippen LogP contribution >= 0.6 is 0 Å². The Morgan fingerprint density at radius 3 is 2.20 bits per heavy atom. The van der Waals surface area contributed by atoms with Gasteiger partial charge in [-0.1, -0.05) is 29.8 Å². The summed E-state index contributed by atoms with van der Waals surface area (Å²) in [7, 11) is -1.46. The number of fused-ring (bicyclic) bond motifs is 1. The molecule has 4 heteroatoms. The van der Waals surface area contributed by atoms with Crippen LogP contribution in [0.4, 0.5) is 5.69 Å². The molecule has 0 aromatic heterocycles. The van der Waals surface area contributed by atoms with Gasteiger partial charge in [-0.05, 0) is 44.0 Å². The number of rotatable bonds is 1. The van der Waals surface area contributed by atoms with Gasteiger partial charge < -0.3 is 0 Å². The largest absolute Gasteiger partial charge is 0.271 e. The van der Waals surface area contributed by atoms with E-state index in [1.807, 2.05) is 39.0 Å². The molecule has 3 nitrogen and oxygen atoms in total. The van der Waals surface area contributed by atoms with E-state index in [1.54, 1.807) is 18.2 Å². The fraction of sp³-hybridized carbons (Fsp3) is 0.188. The average Bonchev–Trinajstić information content (AvgIpc) is 2.64. The molecule has 0 bridgehead atoms. The molecule has 0 N–H and O–H groups in total. The van der Waals surface area contributed by atoms with Crippen LogP contribution < -0.4 is 4.31 Å². The molecule has 2 aromatic rings. The van der Waals surface area contributed by atoms with Crippen LogP contribution in [-0.4, -0.2) is 10.1 Å². The highest BCUT2D eigenvalue weighted by Gasteiger charge is 2.36. The molecule has 0 fully saturated rings. The number of aryl methyl sites for hydroxylation is 3. The number of nitrogens with zero attached hydrogens (tertiary/aromatic N) is 1. The van der Waals surface area contributed by atoms with E-state index in [1.165, 1.54) is 4.31 Å². The number of benzene rings is 2. The Kier molecular flexibility index (Phi) is 2.98. The molecule has 3 rings (SSSR count). The van der Waals surface area contributed by atoms with Crippen molar-refractivity contribution in [2.45, 2.75) is 25.7 Å². The summed E-state index contributed by atoms with van der Waals surface area (Å²) in [5, 5.41) is 0. The first-order valence-electron chi connectivity index (χ1n) is 6.44. The molecule has 2 aromatic carbocycles. The third kappa shape index (κ3) is 1.79. The minimum absolute atomic E-state index is 0.186. The summed E-state index contributed by atoms with van der Waals surface area (Å²) in [6.45, 7) is 5.91. The first-order chi connectivity index (χ1) is 9.50. The fourth-order valence-corrected chi connectivity index (χ4v) is 4.19. The van der Waals surface area contributed by atoms with Gasteiger partial charge in [0.25, 0.3) is 5.91 Å². The maximum Gasteiger partial charge on any atom is 0.271 e. The number of hydrogen-bond acceptors (Lipinski definition) is 2. The highest BCUT2D eigenvalue weighted by atomic mass is 32.2. The zero-order chi connectivity index (χ0) is 14.4. The SMILES string of the molecule is Cc1cc(C)c(N2C(=O)c3ccccc3S2=O)c(C)c1. The second kappa shape index (κ2) is 4.56. The molecule has 1 atom stereocenters. The lowest BCUT2D eigenvalue weighted by Crippen LogP contribution is -2.27. The van der Waals surface area contributed by atoms with Crippen LogP contribution in [0.15, 0.2) is 41.3 Å². The molecule has 1 aliphatic rings. The lowest BCUT2D eigenvalue weighted by atomic mass is 10.0. The van der Waals surface area contributed by atoms with Crippen molar-refractivity contribution in [3.63, 3.8) is 0 Å². The van der Waals surface area contributed by atoms with Crippen LogP contribution in [0, 0.1) is 20.8 Å². The van der Waals surface area contributed by atoms with Crippen molar-refractivity contribution in [1.82, 2.24) is 0 Å². The van der Waals surface area contributed by atoms with Crippen LogP contribution in [0.3, 0.4) is 0 Å². The molecule has 0 aliphatic carbocycles. The summed E-state index contributed by atoms with van der Waals surface area (Å²) in [6.07, 6.45) is 0. The minimum atomic E-state index is -1.46. The fourth-order valence-electron chi connectivity index (χ4n) is 2.76. The zero-order valence-corrected chi connectivity index (χ0v) is 12.5. The van der Waals surface area contributed by atoms with E-state index in [0.717, 1.165) is 22.4 Å². The first-order valence-corrected chi connectivity index (χ1v) is 7.54. The van der Waals surface area contributed by atoms with Gasteiger partial charge in [0.2, 0.25) is 0 Å². The van der Waals surface area contributed by atoms with Crippen molar-refractivity contribution >= 4 is 22.6 Å². The van der Waals surface area contributed by atoms with Gasteiger partial charge in [0.05, 0.1) is 16.1 Å². The van der Waals surface area contributed by atoms with E-state index in [4.69, 9.17) is 0 Å². The van der Waals surface area contributed by atoms with E-state index in [-0.39, 0.29) is 5.91 Å². The van der Waals surface area contributed by atoms with Crippen molar-refractivity contribution < 1.29 is 9.00 Å². The average molecular weight is 285 g/mol. The Labute approximate surface area is 120 Å². The lowest BCUT2D eigenvalue weighted by Gasteiger charge is -2.20. The van der Waals surface area contributed by atoms with E-state index in [0.29, 0.717) is 10.5 Å². The van der Waals surface area contributed by atoms with Crippen LogP contribution in [-0.2, 0) is 11.0 Å². The predicted molar refractivity (Wildman–Crippen MR) is 80.3 cm³/mol. The molecular formula is C16H15NO2S. The molecule has 0 spiro atoms. The Hall–Kier alpha value is -1.94. The molecule has 20 heavy (non-hydrogen) atoms. The zero-order valence-electron chi connectivity index (χ0n) is 11.6. The monoisotopic (exact) mass is 285 g/mol. The molecule has 0 radical (unpaired) electrons. The standard InChI is InChI=1S/C16H15NO2S/c1-10-8-11(2)15(12(3)9-10)17-16(18)13-6-4-5-7-14(13)20(17)19/h4-9H,1-3H3. The number of anilines is 1. The minimum Gasteiger partial charge on any atom is -0.268 e. The van der Waals surface area contributed by atoms with Crippen LogP contribution in [0.2, 0.25) is 0 Å². The molecule has 1 unspecified atom stereocenters. The van der Waals surface area contributed by atoms with Gasteiger partial charge in [-0.3, -0.25) is 4.79 Å². The van der Waals surface area contributed by atoms with E-state index in [2.05, 4.69) is 0 Å². The van der Waals surface area contributed by atoms with Crippen molar-refractivity contribution in [3.05, 3.63) is 58.7 Å². The third-order valence-corrected chi connectivity index (χ3v) is 4.91. The Bertz CT molecular complexity index is 694. The normalized spacial score (nSPS) is 17.4. The quantitative estimate of drug-likeness (QED) is 0.806. The van der Waals surface area contributed by atoms with Crippen molar-refractivity contribution in [2.75, 3.05) is 4.31 Å². The second-order valence-electron chi connectivity index (χ2n) is 5.09. The molecule has 1 aliphatic heterocycles. The van der Waals surface area contributed by atoms with E-state index < -0.39 is 11.0 Å². The second-order valence-corrected chi connectivity index (χ2v) is 6.40. The van der Waals surface area contributed by atoms with Crippen LogP contribution in [0.5, 0.6) is 0 Å². The van der Waals surface area contributed by atoms with Gasteiger partial charge in [-0.25, -0.2) is 8.51 Å². The highest BCUT2D eigenvalue weighted by molar-refractivity contribution is 7.88. The molecule has 0 saturated carbocycles. The van der Waals surface area contributed by atoms with Crippen molar-refractivity contribution in [1.29, 1.82) is 0 Å². The Morgan fingerprint density at radius 1 is 1.00 bits per heavy atom. The van der Waals surface area contributed by atoms with Gasteiger partial charge >= 0.3 is 0 Å². The van der Waals surface area contributed by atoms with Crippen LogP contribution in [0.1, 0.15) is 27.0 Å². The summed E-state index contributed by atoms with van der Waals surface area (Å²) < 4.78 is 14.0. The molecular weight excluding hydrogens is 270 g/mol. The van der Waals surface area contributed by atoms with Gasteiger partial charge in [0.1, 0.15) is 0 Å². The van der Waals surface area contributed by atoms with Gasteiger partial charge in [0, 0.05) is 0 Å². The number of carbonyl (C=O) groups excluding carboxylic acids is 1. The molecule has 102 valence electrons.